The summed E-state index contributed by atoms with van der Waals surface area (Å²) in [5.74, 6) is 0. The first kappa shape index (κ1) is 54.2. The van der Waals surface area contributed by atoms with E-state index in [9.17, 15) is 0 Å². The van der Waals surface area contributed by atoms with Gasteiger partial charge in [0.15, 0.2) is 0 Å². The molecule has 0 aromatic heterocycles. The van der Waals surface area contributed by atoms with Crippen LogP contribution in [0.5, 0.6) is 0 Å². The van der Waals surface area contributed by atoms with Gasteiger partial charge in [0.05, 0.1) is 11.2 Å². The Morgan fingerprint density at radius 1 is 0.373 bits per heavy atom. The first-order valence-electron chi connectivity index (χ1n) is 31.7. The number of nitrogens with zero attached hydrogens (tertiary/aromatic N) is 3. The van der Waals surface area contributed by atoms with Gasteiger partial charge in [0.2, 0.25) is 0 Å². The fourth-order valence-corrected chi connectivity index (χ4v) is 17.0. The Labute approximate surface area is 498 Å². The minimum Gasteiger partial charge on any atom is -0.334 e. The number of hydrogen-bond donors (Lipinski definition) is 0. The molecule has 8 aromatic carbocycles. The van der Waals surface area contributed by atoms with Crippen LogP contribution in [0.4, 0.5) is 45.5 Å². The molecule has 3 aliphatic carbocycles. The lowest BCUT2D eigenvalue weighted by atomic mass is 9.33. The van der Waals surface area contributed by atoms with Gasteiger partial charge in [-0.05, 0) is 205 Å². The van der Waals surface area contributed by atoms with E-state index in [0.29, 0.717) is 0 Å². The van der Waals surface area contributed by atoms with Gasteiger partial charge in [0, 0.05) is 50.8 Å². The van der Waals surface area contributed by atoms with Crippen LogP contribution >= 0.6 is 0 Å². The summed E-state index contributed by atoms with van der Waals surface area (Å²) in [7, 11) is 0. The van der Waals surface area contributed by atoms with Crippen LogP contribution in [-0.4, -0.2) is 12.3 Å². The summed E-state index contributed by atoms with van der Waals surface area (Å²) in [6.45, 7) is 36.9. The lowest BCUT2D eigenvalue weighted by Crippen LogP contribution is -2.62. The van der Waals surface area contributed by atoms with Gasteiger partial charge in [-0.2, -0.15) is 0 Å². The van der Waals surface area contributed by atoms with Crippen LogP contribution in [0, 0.1) is 0 Å². The van der Waals surface area contributed by atoms with Crippen molar-refractivity contribution in [2.45, 2.75) is 199 Å². The second kappa shape index (κ2) is 18.1. The molecule has 2 atom stereocenters. The van der Waals surface area contributed by atoms with Gasteiger partial charge in [-0.1, -0.05) is 213 Å². The molecule has 14 rings (SSSR count). The Bertz CT molecular complexity index is 3940. The van der Waals surface area contributed by atoms with Crippen LogP contribution in [0.2, 0.25) is 0 Å². The normalized spacial score (nSPS) is 22.2. The van der Waals surface area contributed by atoms with Crippen molar-refractivity contribution in [3.63, 3.8) is 0 Å². The number of anilines is 8. The van der Waals surface area contributed by atoms with Crippen LogP contribution < -0.4 is 31.1 Å². The molecule has 0 N–H and O–H groups in total. The van der Waals surface area contributed by atoms with Crippen molar-refractivity contribution in [3.05, 3.63) is 208 Å². The third-order valence-corrected chi connectivity index (χ3v) is 22.2. The number of benzene rings is 8. The van der Waals surface area contributed by atoms with Gasteiger partial charge in [-0.3, -0.25) is 0 Å². The number of rotatable bonds is 5. The quantitative estimate of drug-likeness (QED) is 0.159. The molecule has 0 radical (unpaired) electrons. The second-order valence-corrected chi connectivity index (χ2v) is 31.2. The van der Waals surface area contributed by atoms with Crippen LogP contribution in [0.15, 0.2) is 164 Å². The average molecular weight is 1090 g/mol. The highest BCUT2D eigenvalue weighted by atomic mass is 15.3. The summed E-state index contributed by atoms with van der Waals surface area (Å²) in [5.41, 5.74) is 28.0. The van der Waals surface area contributed by atoms with Crippen molar-refractivity contribution in [2.75, 3.05) is 14.7 Å². The molecule has 1 saturated carbocycles. The maximum atomic E-state index is 2.82. The van der Waals surface area contributed by atoms with E-state index in [4.69, 9.17) is 0 Å². The number of fused-ring (bicyclic) bond motifs is 9. The molecule has 6 aliphatic rings. The van der Waals surface area contributed by atoms with Crippen molar-refractivity contribution in [1.29, 1.82) is 0 Å². The number of para-hydroxylation sites is 1. The van der Waals surface area contributed by atoms with Crippen LogP contribution in [-0.2, 0) is 37.9 Å². The molecule has 3 aliphatic heterocycles. The van der Waals surface area contributed by atoms with Crippen LogP contribution in [0.1, 0.15) is 200 Å². The zero-order valence-electron chi connectivity index (χ0n) is 52.7. The first-order chi connectivity index (χ1) is 39.3. The molecule has 3 nitrogen and oxygen atoms in total. The summed E-state index contributed by atoms with van der Waals surface area (Å²) in [6.07, 6.45) is 9.32. The van der Waals surface area contributed by atoms with Gasteiger partial charge < -0.3 is 14.7 Å². The molecule has 0 saturated heterocycles. The highest BCUT2D eigenvalue weighted by Gasteiger charge is 2.61. The summed E-state index contributed by atoms with van der Waals surface area (Å²) < 4.78 is 0. The molecule has 1 fully saturated rings. The van der Waals surface area contributed by atoms with E-state index < -0.39 is 0 Å². The van der Waals surface area contributed by atoms with Gasteiger partial charge >= 0.3 is 0 Å². The fourth-order valence-electron chi connectivity index (χ4n) is 17.0. The van der Waals surface area contributed by atoms with E-state index in [0.717, 1.165) is 25.7 Å². The highest BCUT2D eigenvalue weighted by Crippen LogP contribution is 2.64. The fraction of sp³-hybridized carbons (Fsp3) is 0.392. The molecule has 2 unspecified atom stereocenters. The predicted octanol–water partition coefficient (Wildman–Crippen LogP) is 19.5. The molecule has 0 bridgehead atoms. The van der Waals surface area contributed by atoms with Gasteiger partial charge in [-0.15, -0.1) is 0 Å². The number of hydrogen-bond acceptors (Lipinski definition) is 3. The van der Waals surface area contributed by atoms with Gasteiger partial charge in [0.25, 0.3) is 6.71 Å². The topological polar surface area (TPSA) is 9.72 Å². The second-order valence-electron chi connectivity index (χ2n) is 31.2. The third kappa shape index (κ3) is 7.95. The van der Waals surface area contributed by atoms with E-state index >= 15 is 0 Å². The minimum atomic E-state index is -0.216. The highest BCUT2D eigenvalue weighted by molar-refractivity contribution is 7.00. The van der Waals surface area contributed by atoms with E-state index in [2.05, 4.69) is 282 Å². The zero-order chi connectivity index (χ0) is 58.2. The third-order valence-electron chi connectivity index (χ3n) is 22.2. The lowest BCUT2D eigenvalue weighted by Gasteiger charge is -2.52. The Hall–Kier alpha value is -6.78. The molecule has 0 spiro atoms. The Balaban J connectivity index is 1.11. The maximum absolute atomic E-state index is 2.82. The molecule has 422 valence electrons. The lowest BCUT2D eigenvalue weighted by molar-refractivity contribution is 0.215. The molecule has 83 heavy (non-hydrogen) atoms. The summed E-state index contributed by atoms with van der Waals surface area (Å²) in [5, 5.41) is 0. The van der Waals surface area contributed by atoms with Crippen molar-refractivity contribution in [3.8, 4) is 11.1 Å². The Morgan fingerprint density at radius 2 is 0.928 bits per heavy atom. The largest absolute Gasteiger partial charge is 0.334 e. The molecule has 0 amide bonds. The van der Waals surface area contributed by atoms with E-state index in [-0.39, 0.29) is 50.2 Å². The van der Waals surface area contributed by atoms with Crippen molar-refractivity contribution in [1.82, 2.24) is 0 Å². The van der Waals surface area contributed by atoms with Crippen molar-refractivity contribution in [2.24, 2.45) is 0 Å². The Kier molecular flexibility index (Phi) is 11.8. The smallest absolute Gasteiger partial charge is 0.252 e. The monoisotopic (exact) mass is 1090 g/mol. The van der Waals surface area contributed by atoms with Crippen molar-refractivity contribution >= 4 is 68.6 Å². The van der Waals surface area contributed by atoms with E-state index in [1.807, 2.05) is 0 Å². The van der Waals surface area contributed by atoms with E-state index in [1.165, 1.54) is 143 Å². The summed E-state index contributed by atoms with van der Waals surface area (Å²) >= 11 is 0. The van der Waals surface area contributed by atoms with Crippen molar-refractivity contribution < 1.29 is 0 Å². The average Bonchev–Trinajstić information content (AvgIpc) is 3.15. The molecule has 3 heterocycles. The molecule has 8 aromatic rings. The molecular weight excluding hydrogens is 1000 g/mol. The SMILES string of the molecule is CC(C)(C)c1ccc(N2c3cc(N4c5ccccc5C5(c6ccccc6)CCCCC45C)ccc3B3c4cc5c(cc4N(c4ccc6c(c4)C(C)(C)CCC6(C)C)c4cc(C(C)(C)C)cc2c43)C(C)(C)CCC5(C)C)c(-c2ccccc2)c1. The predicted molar refractivity (Wildman–Crippen MR) is 357 cm³/mol. The van der Waals surface area contributed by atoms with E-state index in [1.54, 1.807) is 0 Å². The summed E-state index contributed by atoms with van der Waals surface area (Å²) in [4.78, 5) is 8.32. The summed E-state index contributed by atoms with van der Waals surface area (Å²) in [6, 6.07) is 65.8. The maximum Gasteiger partial charge on any atom is 0.252 e. The standard InChI is InChI=1S/C79H88BN3/c1-72(2,3)53-32-37-65(57(44-53)51-26-18-16-19-27-51)82-67-48-56(83-66-31-23-22-30-59(66)79(52-28-20-17-21-29-52)39-25-24-38-78(79,83)15)34-36-63(67)80-64-49-61-62(77(13,14)43-42-76(61,11)12)50-68(64)81(69-45-54(73(4,5)6)46-70(82)71(69)80)55-33-35-58-60(47-55)75(9,10)41-40-74(58,7)8/h16-23,26-37,44-50H,24-25,38-43H2,1-15H3. The first-order valence-corrected chi connectivity index (χ1v) is 31.7. The van der Waals surface area contributed by atoms with Crippen LogP contribution in [0.25, 0.3) is 11.1 Å². The molecular formula is C79H88BN3. The van der Waals surface area contributed by atoms with Gasteiger partial charge in [0.1, 0.15) is 0 Å². The van der Waals surface area contributed by atoms with Gasteiger partial charge in [-0.25, -0.2) is 0 Å². The van der Waals surface area contributed by atoms with Crippen LogP contribution in [0.3, 0.4) is 0 Å². The Morgan fingerprint density at radius 3 is 1.59 bits per heavy atom. The molecule has 4 heteroatoms. The zero-order valence-corrected chi connectivity index (χ0v) is 52.7. The minimum absolute atomic E-state index is 0.0158.